The molecule has 2 aromatic carbocycles. The van der Waals surface area contributed by atoms with E-state index in [2.05, 4.69) is 5.32 Å². The Hall–Kier alpha value is -2.78. The van der Waals surface area contributed by atoms with Crippen LogP contribution >= 0.6 is 0 Å². The molecule has 31 heavy (non-hydrogen) atoms. The molecule has 7 nitrogen and oxygen atoms in total. The third-order valence-electron chi connectivity index (χ3n) is 5.71. The lowest BCUT2D eigenvalue weighted by Gasteiger charge is -2.29. The van der Waals surface area contributed by atoms with Gasteiger partial charge in [-0.15, -0.1) is 0 Å². The minimum absolute atomic E-state index is 0.0317. The van der Waals surface area contributed by atoms with Gasteiger partial charge in [-0.1, -0.05) is 0 Å². The lowest BCUT2D eigenvalue weighted by molar-refractivity contribution is -0.116. The second kappa shape index (κ2) is 8.39. The molecule has 2 aliphatic rings. The maximum Gasteiger partial charge on any atom is 0.255 e. The number of sulfonamides is 1. The van der Waals surface area contributed by atoms with Crippen LogP contribution in [0, 0.1) is 5.82 Å². The number of anilines is 2. The van der Waals surface area contributed by atoms with Crippen LogP contribution in [0.3, 0.4) is 0 Å². The summed E-state index contributed by atoms with van der Waals surface area (Å²) in [7, 11) is -3.98. The van der Waals surface area contributed by atoms with Crippen LogP contribution in [0.2, 0.25) is 0 Å². The van der Waals surface area contributed by atoms with Crippen LogP contribution in [0.15, 0.2) is 41.3 Å². The first kappa shape index (κ1) is 21.5. The number of hydrogen-bond donors (Lipinski definition) is 1. The van der Waals surface area contributed by atoms with Gasteiger partial charge >= 0.3 is 0 Å². The fraction of sp³-hybridized carbons (Fsp3) is 0.364. The number of benzene rings is 2. The van der Waals surface area contributed by atoms with Crippen molar-refractivity contribution in [2.45, 2.75) is 37.5 Å². The molecule has 0 saturated carbocycles. The van der Waals surface area contributed by atoms with Crippen molar-refractivity contribution in [3.8, 4) is 0 Å². The summed E-state index contributed by atoms with van der Waals surface area (Å²) >= 11 is 0. The first-order chi connectivity index (χ1) is 14.8. The number of aryl methyl sites for hydroxylation is 1. The summed E-state index contributed by atoms with van der Waals surface area (Å²) in [6.45, 7) is 2.89. The third-order valence-corrected chi connectivity index (χ3v) is 7.63. The van der Waals surface area contributed by atoms with Crippen LogP contribution in [0.25, 0.3) is 0 Å². The van der Waals surface area contributed by atoms with E-state index in [0.717, 1.165) is 49.1 Å². The predicted octanol–water partition coefficient (Wildman–Crippen LogP) is 3.16. The van der Waals surface area contributed by atoms with E-state index >= 15 is 0 Å². The van der Waals surface area contributed by atoms with Crippen LogP contribution < -0.4 is 10.2 Å². The Morgan fingerprint density at radius 3 is 2.45 bits per heavy atom. The summed E-state index contributed by atoms with van der Waals surface area (Å²) < 4.78 is 41.1. The molecule has 0 atom stereocenters. The molecule has 2 heterocycles. The quantitative estimate of drug-likeness (QED) is 0.783. The third kappa shape index (κ3) is 4.20. The van der Waals surface area contributed by atoms with Gasteiger partial charge in [-0.2, -0.15) is 4.31 Å². The fourth-order valence-electron chi connectivity index (χ4n) is 4.12. The van der Waals surface area contributed by atoms with Gasteiger partial charge < -0.3 is 10.2 Å². The molecular weight excluding hydrogens is 421 g/mol. The number of amides is 2. The Balaban J connectivity index is 1.58. The number of carbonyl (C=O) groups excluding carboxylic acids is 2. The molecule has 1 saturated heterocycles. The van der Waals surface area contributed by atoms with Gasteiger partial charge in [0.25, 0.3) is 5.91 Å². The molecule has 0 radical (unpaired) electrons. The standard InChI is InChI=1S/C22H24FN3O4S/c1-15(27)26-12-4-5-16-13-18(7-9-20(16)26)24-22(28)17-6-8-19(23)21(14-17)31(29,30)25-10-2-3-11-25/h6-9,13-14H,2-5,10-12H2,1H3,(H,24,28). The number of hydrogen-bond acceptors (Lipinski definition) is 4. The number of nitrogens with zero attached hydrogens (tertiary/aromatic N) is 2. The first-order valence-corrected chi connectivity index (χ1v) is 11.7. The molecule has 2 amide bonds. The SMILES string of the molecule is CC(=O)N1CCCc2cc(NC(=O)c3ccc(F)c(S(=O)(=O)N4CCCC4)c3)ccc21. The lowest BCUT2D eigenvalue weighted by atomic mass is 10.0. The van der Waals surface area contributed by atoms with E-state index in [1.54, 1.807) is 17.0 Å². The smallest absolute Gasteiger partial charge is 0.255 e. The van der Waals surface area contributed by atoms with Crippen LogP contribution in [0.4, 0.5) is 15.8 Å². The van der Waals surface area contributed by atoms with E-state index < -0.39 is 26.6 Å². The minimum Gasteiger partial charge on any atom is -0.322 e. The average molecular weight is 446 g/mol. The topological polar surface area (TPSA) is 86.8 Å². The van der Waals surface area contributed by atoms with Crippen LogP contribution in [-0.2, 0) is 21.2 Å². The van der Waals surface area contributed by atoms with Crippen LogP contribution in [-0.4, -0.2) is 44.2 Å². The first-order valence-electron chi connectivity index (χ1n) is 10.3. The Kier molecular flexibility index (Phi) is 5.81. The van der Waals surface area contributed by atoms with Crippen molar-refractivity contribution in [2.24, 2.45) is 0 Å². The van der Waals surface area contributed by atoms with Gasteiger partial charge in [0, 0.05) is 43.5 Å². The average Bonchev–Trinajstić information content (AvgIpc) is 3.29. The normalized spacial score (nSPS) is 16.8. The van der Waals surface area contributed by atoms with E-state index in [0.29, 0.717) is 25.3 Å². The molecule has 0 unspecified atom stereocenters. The van der Waals surface area contributed by atoms with E-state index in [1.165, 1.54) is 17.3 Å². The molecule has 2 aliphatic heterocycles. The predicted molar refractivity (Wildman–Crippen MR) is 115 cm³/mol. The highest BCUT2D eigenvalue weighted by Crippen LogP contribution is 2.30. The second-order valence-electron chi connectivity index (χ2n) is 7.83. The van der Waals surface area contributed by atoms with Crippen molar-refractivity contribution >= 4 is 33.2 Å². The summed E-state index contributed by atoms with van der Waals surface area (Å²) in [5.41, 5.74) is 2.37. The van der Waals surface area contributed by atoms with Gasteiger partial charge in [0.2, 0.25) is 15.9 Å². The molecule has 2 aromatic rings. The van der Waals surface area contributed by atoms with Crippen LogP contribution in [0.1, 0.15) is 42.1 Å². The molecule has 1 N–H and O–H groups in total. The van der Waals surface area contributed by atoms with Gasteiger partial charge in [-0.25, -0.2) is 12.8 Å². The molecular formula is C22H24FN3O4S. The monoisotopic (exact) mass is 445 g/mol. The maximum atomic E-state index is 14.3. The second-order valence-corrected chi connectivity index (χ2v) is 9.73. The van der Waals surface area contributed by atoms with Gasteiger partial charge in [-0.3, -0.25) is 9.59 Å². The zero-order valence-corrected chi connectivity index (χ0v) is 18.0. The van der Waals surface area contributed by atoms with Crippen LogP contribution in [0.5, 0.6) is 0 Å². The van der Waals surface area contributed by atoms with Crippen molar-refractivity contribution in [1.29, 1.82) is 0 Å². The van der Waals surface area contributed by atoms with E-state index in [1.807, 2.05) is 6.07 Å². The number of nitrogens with one attached hydrogen (secondary N) is 1. The number of halogens is 1. The maximum absolute atomic E-state index is 14.3. The van der Waals surface area contributed by atoms with Crippen molar-refractivity contribution in [3.05, 3.63) is 53.3 Å². The minimum atomic E-state index is -3.98. The zero-order chi connectivity index (χ0) is 22.2. The molecule has 0 aliphatic carbocycles. The molecule has 0 aromatic heterocycles. The van der Waals surface area contributed by atoms with Gasteiger partial charge in [-0.05, 0) is 67.6 Å². The number of carbonyl (C=O) groups is 2. The highest BCUT2D eigenvalue weighted by molar-refractivity contribution is 7.89. The summed E-state index contributed by atoms with van der Waals surface area (Å²) in [4.78, 5) is 25.8. The Bertz CT molecular complexity index is 1140. The van der Waals surface area contributed by atoms with Crippen molar-refractivity contribution in [2.75, 3.05) is 29.9 Å². The summed E-state index contributed by atoms with van der Waals surface area (Å²) in [5.74, 6) is -1.44. The molecule has 164 valence electrons. The van der Waals surface area contributed by atoms with Gasteiger partial charge in [0.05, 0.1) is 0 Å². The summed E-state index contributed by atoms with van der Waals surface area (Å²) in [6.07, 6.45) is 3.10. The Labute approximate surface area is 180 Å². The van der Waals surface area contributed by atoms with E-state index in [9.17, 15) is 22.4 Å². The lowest BCUT2D eigenvalue weighted by Crippen LogP contribution is -2.33. The van der Waals surface area contributed by atoms with E-state index in [-0.39, 0.29) is 11.5 Å². The Morgan fingerprint density at radius 1 is 1.00 bits per heavy atom. The highest BCUT2D eigenvalue weighted by Gasteiger charge is 2.30. The molecule has 0 spiro atoms. The van der Waals surface area contributed by atoms with Gasteiger partial charge in [0.1, 0.15) is 10.7 Å². The fourth-order valence-corrected chi connectivity index (χ4v) is 5.72. The van der Waals surface area contributed by atoms with Gasteiger partial charge in [0.15, 0.2) is 0 Å². The number of rotatable bonds is 4. The Morgan fingerprint density at radius 2 is 1.74 bits per heavy atom. The zero-order valence-electron chi connectivity index (χ0n) is 17.2. The summed E-state index contributed by atoms with van der Waals surface area (Å²) in [5, 5.41) is 2.75. The van der Waals surface area contributed by atoms with Crippen molar-refractivity contribution in [1.82, 2.24) is 4.31 Å². The largest absolute Gasteiger partial charge is 0.322 e. The molecule has 1 fully saturated rings. The summed E-state index contributed by atoms with van der Waals surface area (Å²) in [6, 6.07) is 8.67. The molecule has 0 bridgehead atoms. The molecule has 4 rings (SSSR count). The number of fused-ring (bicyclic) bond motifs is 1. The van der Waals surface area contributed by atoms with E-state index in [4.69, 9.17) is 0 Å². The molecule has 9 heteroatoms. The van der Waals surface area contributed by atoms with Crippen molar-refractivity contribution < 1.29 is 22.4 Å². The van der Waals surface area contributed by atoms with Crippen molar-refractivity contribution in [3.63, 3.8) is 0 Å². The highest BCUT2D eigenvalue weighted by atomic mass is 32.2.